The first-order valence-electron chi connectivity index (χ1n) is 6.38. The maximum atomic E-state index is 12.1. The van der Waals surface area contributed by atoms with Crippen LogP contribution in [-0.2, 0) is 4.79 Å². The fourth-order valence-electron chi connectivity index (χ4n) is 1.88. The molecule has 0 aromatic carbocycles. The first kappa shape index (κ1) is 14.7. The Morgan fingerprint density at radius 3 is 2.17 bits per heavy atom. The molecule has 1 fully saturated rings. The largest absolute Gasteiger partial charge is 0.365 e. The van der Waals surface area contributed by atoms with Gasteiger partial charge in [0.1, 0.15) is 11.6 Å². The van der Waals surface area contributed by atoms with Gasteiger partial charge in [-0.3, -0.25) is 4.79 Å². The topological polar surface area (TPSA) is 44.1 Å². The molecule has 0 amide bonds. The smallest absolute Gasteiger partial charge is 0.180 e. The number of nitriles is 1. The van der Waals surface area contributed by atoms with Crippen molar-refractivity contribution in [2.24, 2.45) is 5.41 Å². The van der Waals surface area contributed by atoms with Gasteiger partial charge in [0.25, 0.3) is 0 Å². The van der Waals surface area contributed by atoms with Crippen LogP contribution in [0, 0.1) is 16.7 Å². The lowest BCUT2D eigenvalue weighted by atomic mass is 9.87. The molecule has 1 rings (SSSR count). The van der Waals surface area contributed by atoms with Crippen LogP contribution in [-0.4, -0.2) is 55.4 Å². The Morgan fingerprint density at radius 2 is 1.78 bits per heavy atom. The van der Waals surface area contributed by atoms with Gasteiger partial charge < -0.3 is 9.38 Å². The lowest BCUT2D eigenvalue weighted by Crippen LogP contribution is -2.53. The molecule has 0 aliphatic carbocycles. The van der Waals surface area contributed by atoms with E-state index in [1.54, 1.807) is 6.20 Å². The van der Waals surface area contributed by atoms with E-state index in [1.807, 2.05) is 26.8 Å². The fourth-order valence-corrected chi connectivity index (χ4v) is 1.88. The Hall–Kier alpha value is -1.34. The Bertz CT molecular complexity index is 386. The van der Waals surface area contributed by atoms with Gasteiger partial charge in [0.05, 0.1) is 40.3 Å². The third-order valence-corrected chi connectivity index (χ3v) is 3.34. The summed E-state index contributed by atoms with van der Waals surface area (Å²) in [7, 11) is 4.40. The van der Waals surface area contributed by atoms with Crippen molar-refractivity contribution in [3.8, 4) is 6.07 Å². The minimum atomic E-state index is -0.493. The zero-order valence-electron chi connectivity index (χ0n) is 12.2. The molecule has 4 nitrogen and oxygen atoms in total. The molecule has 0 N–H and O–H groups in total. The van der Waals surface area contributed by atoms with Gasteiger partial charge in [-0.1, -0.05) is 20.8 Å². The van der Waals surface area contributed by atoms with Crippen LogP contribution in [0.5, 0.6) is 0 Å². The minimum Gasteiger partial charge on any atom is -0.365 e. The molecule has 1 saturated heterocycles. The summed E-state index contributed by atoms with van der Waals surface area (Å²) < 4.78 is 0.999. The maximum absolute atomic E-state index is 12.1. The molecule has 0 bridgehead atoms. The van der Waals surface area contributed by atoms with E-state index in [0.29, 0.717) is 0 Å². The molecule has 1 heterocycles. The predicted octanol–water partition coefficient (Wildman–Crippen LogP) is 1.40. The van der Waals surface area contributed by atoms with Gasteiger partial charge in [0, 0.05) is 11.6 Å². The SMILES string of the molecule is CC(C)(C)C(=O)/C(C#N)=C/N1CC[N+](C)(C)CC1. The molecule has 1 aliphatic rings. The highest BCUT2D eigenvalue weighted by Gasteiger charge is 2.27. The first-order chi connectivity index (χ1) is 8.15. The van der Waals surface area contributed by atoms with Crippen molar-refractivity contribution >= 4 is 5.78 Å². The molecule has 4 heteroatoms. The number of ketones is 1. The van der Waals surface area contributed by atoms with E-state index in [1.165, 1.54) is 0 Å². The second kappa shape index (κ2) is 5.11. The van der Waals surface area contributed by atoms with Crippen molar-refractivity contribution in [2.75, 3.05) is 40.3 Å². The van der Waals surface area contributed by atoms with Gasteiger partial charge in [-0.2, -0.15) is 5.26 Å². The number of carbonyl (C=O) groups is 1. The predicted molar refractivity (Wildman–Crippen MR) is 71.6 cm³/mol. The number of likely N-dealkylation sites (N-methyl/N-ethyl adjacent to an activating group) is 1. The fraction of sp³-hybridized carbons (Fsp3) is 0.714. The number of hydrogen-bond donors (Lipinski definition) is 0. The molecule has 18 heavy (non-hydrogen) atoms. The molecule has 0 aromatic rings. The summed E-state index contributed by atoms with van der Waals surface area (Å²) in [6.07, 6.45) is 1.74. The number of allylic oxidation sites excluding steroid dienone is 1. The van der Waals surface area contributed by atoms with Crippen molar-refractivity contribution in [3.63, 3.8) is 0 Å². The van der Waals surface area contributed by atoms with Crippen molar-refractivity contribution < 1.29 is 9.28 Å². The molecule has 0 radical (unpaired) electrons. The van der Waals surface area contributed by atoms with Crippen LogP contribution in [0.25, 0.3) is 0 Å². The normalized spacial score (nSPS) is 20.4. The van der Waals surface area contributed by atoms with E-state index in [0.717, 1.165) is 30.7 Å². The minimum absolute atomic E-state index is 0.0793. The summed E-state index contributed by atoms with van der Waals surface area (Å²) in [5.74, 6) is -0.0793. The molecular formula is C14H24N3O+. The van der Waals surface area contributed by atoms with Gasteiger partial charge in [-0.05, 0) is 0 Å². The number of hydrogen-bond acceptors (Lipinski definition) is 3. The number of Topliss-reactive ketones (excluding diaryl/α,β-unsaturated/α-hetero) is 1. The highest BCUT2D eigenvalue weighted by molar-refractivity contribution is 6.02. The standard InChI is InChI=1S/C14H24N3O/c1-14(2,3)13(18)12(10-15)11-16-6-8-17(4,5)9-7-16/h11H,6-9H2,1-5H3/q+1/b12-11+. The number of nitrogens with zero attached hydrogens (tertiary/aromatic N) is 3. The number of carbonyl (C=O) groups excluding carboxylic acids is 1. The Labute approximate surface area is 110 Å². The Morgan fingerprint density at radius 1 is 1.28 bits per heavy atom. The third kappa shape index (κ3) is 3.85. The van der Waals surface area contributed by atoms with E-state index in [-0.39, 0.29) is 11.4 Å². The van der Waals surface area contributed by atoms with E-state index in [4.69, 9.17) is 5.26 Å². The quantitative estimate of drug-likeness (QED) is 0.423. The lowest BCUT2D eigenvalue weighted by molar-refractivity contribution is -0.894. The van der Waals surface area contributed by atoms with E-state index in [9.17, 15) is 4.79 Å². The van der Waals surface area contributed by atoms with Crippen LogP contribution in [0.15, 0.2) is 11.8 Å². The average molecular weight is 250 g/mol. The van der Waals surface area contributed by atoms with E-state index < -0.39 is 5.41 Å². The molecule has 100 valence electrons. The number of quaternary nitrogens is 1. The van der Waals surface area contributed by atoms with E-state index in [2.05, 4.69) is 19.0 Å². The lowest BCUT2D eigenvalue weighted by Gasteiger charge is -2.38. The zero-order valence-corrected chi connectivity index (χ0v) is 12.2. The number of rotatable bonds is 2. The summed E-state index contributed by atoms with van der Waals surface area (Å²) in [6, 6.07) is 2.04. The van der Waals surface area contributed by atoms with Crippen LogP contribution >= 0.6 is 0 Å². The average Bonchev–Trinajstić information content (AvgIpc) is 2.25. The molecule has 0 unspecified atom stereocenters. The van der Waals surface area contributed by atoms with Gasteiger partial charge in [0.15, 0.2) is 5.78 Å². The summed E-state index contributed by atoms with van der Waals surface area (Å²) in [5, 5.41) is 9.12. The summed E-state index contributed by atoms with van der Waals surface area (Å²) in [5.41, 5.74) is -0.220. The molecule has 0 spiro atoms. The van der Waals surface area contributed by atoms with Crippen molar-refractivity contribution in [3.05, 3.63) is 11.8 Å². The summed E-state index contributed by atoms with van der Waals surface area (Å²) in [6.45, 7) is 9.41. The van der Waals surface area contributed by atoms with Crippen LogP contribution in [0.1, 0.15) is 20.8 Å². The number of piperazine rings is 1. The van der Waals surface area contributed by atoms with Crippen molar-refractivity contribution in [1.82, 2.24) is 4.90 Å². The van der Waals surface area contributed by atoms with Crippen LogP contribution in [0.3, 0.4) is 0 Å². The van der Waals surface area contributed by atoms with Crippen molar-refractivity contribution in [1.29, 1.82) is 5.26 Å². The first-order valence-corrected chi connectivity index (χ1v) is 6.38. The second-order valence-corrected chi connectivity index (χ2v) is 6.65. The highest BCUT2D eigenvalue weighted by Crippen LogP contribution is 2.20. The third-order valence-electron chi connectivity index (χ3n) is 3.34. The van der Waals surface area contributed by atoms with Crippen molar-refractivity contribution in [2.45, 2.75) is 20.8 Å². The Kier molecular flexibility index (Phi) is 4.18. The van der Waals surface area contributed by atoms with Crippen LogP contribution < -0.4 is 0 Å². The van der Waals surface area contributed by atoms with Crippen LogP contribution in [0.4, 0.5) is 0 Å². The molecule has 1 aliphatic heterocycles. The summed E-state index contributed by atoms with van der Waals surface area (Å²) >= 11 is 0. The van der Waals surface area contributed by atoms with Gasteiger partial charge >= 0.3 is 0 Å². The summed E-state index contributed by atoms with van der Waals surface area (Å²) in [4.78, 5) is 14.2. The van der Waals surface area contributed by atoms with Crippen LogP contribution in [0.2, 0.25) is 0 Å². The van der Waals surface area contributed by atoms with Gasteiger partial charge in [-0.15, -0.1) is 0 Å². The zero-order chi connectivity index (χ0) is 14.0. The molecular weight excluding hydrogens is 226 g/mol. The molecule has 0 atom stereocenters. The highest BCUT2D eigenvalue weighted by atomic mass is 16.1. The monoisotopic (exact) mass is 250 g/mol. The van der Waals surface area contributed by atoms with E-state index >= 15 is 0 Å². The second-order valence-electron chi connectivity index (χ2n) is 6.65. The molecule has 0 saturated carbocycles. The van der Waals surface area contributed by atoms with Gasteiger partial charge in [-0.25, -0.2) is 0 Å². The molecule has 0 aromatic heterocycles. The Balaban J connectivity index is 2.77. The maximum Gasteiger partial charge on any atom is 0.180 e. The van der Waals surface area contributed by atoms with Gasteiger partial charge in [0.2, 0.25) is 0 Å².